The third-order valence-corrected chi connectivity index (χ3v) is 6.34. The highest BCUT2D eigenvalue weighted by Gasteiger charge is 2.40. The van der Waals surface area contributed by atoms with Gasteiger partial charge in [-0.1, -0.05) is 12.1 Å². The number of hydrogen-bond acceptors (Lipinski definition) is 3. The number of nitrogens with zero attached hydrogens (tertiary/aromatic N) is 2. The predicted molar refractivity (Wildman–Crippen MR) is 98.7 cm³/mol. The van der Waals surface area contributed by atoms with Crippen LogP contribution >= 0.6 is 0 Å². The average molecular weight is 320 g/mol. The summed E-state index contributed by atoms with van der Waals surface area (Å²) < 4.78 is 6.30. The van der Waals surface area contributed by atoms with E-state index in [9.17, 15) is 0 Å². The third-order valence-electron chi connectivity index (χ3n) is 6.34. The van der Waals surface area contributed by atoms with Crippen LogP contribution in [0.5, 0.6) is 0 Å². The van der Waals surface area contributed by atoms with Crippen molar-refractivity contribution < 1.29 is 4.42 Å². The van der Waals surface area contributed by atoms with Gasteiger partial charge in [0.05, 0.1) is 5.69 Å². The molecule has 0 unspecified atom stereocenters. The first-order chi connectivity index (χ1) is 11.6. The largest absolute Gasteiger partial charge is 0.436 e. The second-order valence-corrected chi connectivity index (χ2v) is 7.73. The van der Waals surface area contributed by atoms with E-state index in [1.54, 1.807) is 0 Å². The van der Waals surface area contributed by atoms with Gasteiger partial charge < -0.3 is 9.32 Å². The van der Waals surface area contributed by atoms with Crippen LogP contribution in [-0.2, 0) is 0 Å². The van der Waals surface area contributed by atoms with Crippen LogP contribution in [0.15, 0.2) is 28.7 Å². The first-order valence-electron chi connectivity index (χ1n) is 9.21. The minimum absolute atomic E-state index is 0.602. The van der Waals surface area contributed by atoms with Gasteiger partial charge in [-0.2, -0.15) is 0 Å². The zero-order valence-corrected chi connectivity index (χ0v) is 14.7. The van der Waals surface area contributed by atoms with Crippen LogP contribution < -0.4 is 4.90 Å². The van der Waals surface area contributed by atoms with Gasteiger partial charge in [0.15, 0.2) is 5.58 Å². The van der Waals surface area contributed by atoms with E-state index in [-0.39, 0.29) is 0 Å². The molecule has 1 atom stereocenters. The second kappa shape index (κ2) is 4.98. The van der Waals surface area contributed by atoms with Crippen molar-refractivity contribution in [2.24, 2.45) is 5.92 Å². The summed E-state index contributed by atoms with van der Waals surface area (Å²) in [6.45, 7) is 6.64. The molecule has 3 heteroatoms. The molecule has 2 bridgehead atoms. The number of pyridine rings is 1. The molecule has 1 aliphatic carbocycles. The van der Waals surface area contributed by atoms with Crippen molar-refractivity contribution >= 4 is 27.8 Å². The fourth-order valence-electron chi connectivity index (χ4n) is 5.03. The molecule has 124 valence electrons. The van der Waals surface area contributed by atoms with Crippen molar-refractivity contribution in [3.63, 3.8) is 0 Å². The Morgan fingerprint density at radius 1 is 1.00 bits per heavy atom. The Kier molecular flexibility index (Phi) is 2.97. The zero-order valence-electron chi connectivity index (χ0n) is 14.7. The molecule has 1 saturated carbocycles. The summed E-state index contributed by atoms with van der Waals surface area (Å²) in [6, 6.07) is 9.93. The van der Waals surface area contributed by atoms with Crippen molar-refractivity contribution in [2.45, 2.75) is 58.5 Å². The molecule has 2 aromatic heterocycles. The molecule has 3 aromatic rings. The van der Waals surface area contributed by atoms with Crippen LogP contribution in [0.25, 0.3) is 22.1 Å². The van der Waals surface area contributed by atoms with Crippen LogP contribution in [0.1, 0.15) is 43.9 Å². The molecular formula is C21H24N2O. The maximum atomic E-state index is 6.30. The van der Waals surface area contributed by atoms with E-state index >= 15 is 0 Å². The maximum Gasteiger partial charge on any atom is 0.227 e. The van der Waals surface area contributed by atoms with Gasteiger partial charge in [0.1, 0.15) is 0 Å². The van der Waals surface area contributed by atoms with Crippen molar-refractivity contribution in [1.82, 2.24) is 4.98 Å². The molecule has 2 saturated heterocycles. The monoisotopic (exact) mass is 320 g/mol. The zero-order chi connectivity index (χ0) is 16.4. The number of piperidine rings is 2. The van der Waals surface area contributed by atoms with E-state index in [4.69, 9.17) is 4.42 Å². The number of benzene rings is 1. The lowest BCUT2D eigenvalue weighted by Gasteiger charge is -2.52. The molecular weight excluding hydrogens is 296 g/mol. The van der Waals surface area contributed by atoms with Gasteiger partial charge in [-0.05, 0) is 70.1 Å². The summed E-state index contributed by atoms with van der Waals surface area (Å²) >= 11 is 0. The Labute approximate surface area is 142 Å². The minimum Gasteiger partial charge on any atom is -0.436 e. The highest BCUT2D eigenvalue weighted by atomic mass is 16.3. The molecule has 4 heterocycles. The van der Waals surface area contributed by atoms with E-state index in [1.165, 1.54) is 42.3 Å². The van der Waals surface area contributed by atoms with E-state index in [2.05, 4.69) is 48.0 Å². The lowest BCUT2D eigenvalue weighted by molar-refractivity contribution is 0.200. The molecule has 3 aliphatic rings. The standard InChI is InChI=1S/C21H24N2O/c1-12-4-10-17-18-11-5-13(2)22-21(18)24-20(17)19(12)23-14(3)15-6-8-16(23)9-7-15/h4-5,10-11,14-16H,6-9H2,1-3H3/t14-,15?,16?/m0/s1. The van der Waals surface area contributed by atoms with Gasteiger partial charge in [-0.3, -0.25) is 0 Å². The molecule has 2 aliphatic heterocycles. The van der Waals surface area contributed by atoms with E-state index in [1.807, 2.05) is 6.92 Å². The van der Waals surface area contributed by atoms with E-state index in [0.29, 0.717) is 12.1 Å². The first-order valence-corrected chi connectivity index (χ1v) is 9.21. The predicted octanol–water partition coefficient (Wildman–Crippen LogP) is 5.37. The smallest absolute Gasteiger partial charge is 0.227 e. The van der Waals surface area contributed by atoms with Gasteiger partial charge >= 0.3 is 0 Å². The molecule has 0 amide bonds. The summed E-state index contributed by atoms with van der Waals surface area (Å²) in [7, 11) is 0. The van der Waals surface area contributed by atoms with Crippen LogP contribution in [0.3, 0.4) is 0 Å². The topological polar surface area (TPSA) is 29.3 Å². The minimum atomic E-state index is 0.602. The Bertz CT molecular complexity index is 932. The van der Waals surface area contributed by atoms with Gasteiger partial charge in [-0.15, -0.1) is 0 Å². The van der Waals surface area contributed by atoms with Crippen molar-refractivity contribution in [3.8, 4) is 0 Å². The second-order valence-electron chi connectivity index (χ2n) is 7.73. The molecule has 6 rings (SSSR count). The molecule has 0 radical (unpaired) electrons. The van der Waals surface area contributed by atoms with Gasteiger partial charge in [0.25, 0.3) is 0 Å². The SMILES string of the molecule is Cc1ccc2c(n1)oc1c(N3C4CCC(CC4)[C@@H]3C)c(C)ccc12. The summed E-state index contributed by atoms with van der Waals surface area (Å²) in [5.41, 5.74) is 5.43. The van der Waals surface area contributed by atoms with Crippen LogP contribution in [0.4, 0.5) is 5.69 Å². The van der Waals surface area contributed by atoms with E-state index in [0.717, 1.165) is 28.3 Å². The lowest BCUT2D eigenvalue weighted by atomic mass is 9.74. The highest BCUT2D eigenvalue weighted by molar-refractivity contribution is 6.08. The summed E-state index contributed by atoms with van der Waals surface area (Å²) in [5.74, 6) is 0.828. The van der Waals surface area contributed by atoms with Gasteiger partial charge in [-0.25, -0.2) is 4.98 Å². The number of fused-ring (bicyclic) bond motifs is 6. The number of aromatic nitrogens is 1. The number of anilines is 1. The third kappa shape index (κ3) is 1.87. The molecule has 3 fully saturated rings. The Morgan fingerprint density at radius 2 is 1.75 bits per heavy atom. The fraction of sp³-hybridized carbons (Fsp3) is 0.476. The summed E-state index contributed by atoms with van der Waals surface area (Å²) in [4.78, 5) is 7.28. The number of aryl methyl sites for hydroxylation is 2. The molecule has 0 N–H and O–H groups in total. The van der Waals surface area contributed by atoms with Crippen LogP contribution in [0.2, 0.25) is 0 Å². The average Bonchev–Trinajstić information content (AvgIpc) is 2.94. The summed E-state index contributed by atoms with van der Waals surface area (Å²) in [6.07, 6.45) is 5.42. The Balaban J connectivity index is 1.78. The first kappa shape index (κ1) is 14.3. The Hall–Kier alpha value is -2.03. The fourth-order valence-corrected chi connectivity index (χ4v) is 5.03. The van der Waals surface area contributed by atoms with Crippen molar-refractivity contribution in [3.05, 3.63) is 35.5 Å². The number of hydrogen-bond donors (Lipinski definition) is 0. The lowest BCUT2D eigenvalue weighted by Crippen LogP contribution is -2.54. The Morgan fingerprint density at radius 3 is 2.50 bits per heavy atom. The van der Waals surface area contributed by atoms with Crippen LogP contribution in [0, 0.1) is 19.8 Å². The highest BCUT2D eigenvalue weighted by Crippen LogP contribution is 2.46. The molecule has 24 heavy (non-hydrogen) atoms. The molecule has 0 spiro atoms. The normalized spacial score (nSPS) is 26.6. The number of rotatable bonds is 1. The van der Waals surface area contributed by atoms with Crippen molar-refractivity contribution in [1.29, 1.82) is 0 Å². The van der Waals surface area contributed by atoms with Gasteiger partial charge in [0, 0.05) is 28.6 Å². The van der Waals surface area contributed by atoms with Gasteiger partial charge in [0.2, 0.25) is 5.71 Å². The van der Waals surface area contributed by atoms with Crippen LogP contribution in [-0.4, -0.2) is 17.1 Å². The van der Waals surface area contributed by atoms with E-state index < -0.39 is 0 Å². The maximum absolute atomic E-state index is 6.30. The molecule has 1 aromatic carbocycles. The van der Waals surface area contributed by atoms with Crippen molar-refractivity contribution in [2.75, 3.05) is 4.90 Å². The summed E-state index contributed by atoms with van der Waals surface area (Å²) in [5, 5.41) is 2.33. The quantitative estimate of drug-likeness (QED) is 0.604. The molecule has 3 nitrogen and oxygen atoms in total. The number of furan rings is 1.